The van der Waals surface area contributed by atoms with Crippen LogP contribution >= 0.6 is 11.8 Å². The van der Waals surface area contributed by atoms with Crippen LogP contribution in [0.5, 0.6) is 0 Å². The summed E-state index contributed by atoms with van der Waals surface area (Å²) in [7, 11) is 0. The lowest BCUT2D eigenvalue weighted by Gasteiger charge is -2.15. The monoisotopic (exact) mass is 528 g/mol. The maximum Gasteiger partial charge on any atom is 0.319 e. The second-order valence-electron chi connectivity index (χ2n) is 9.40. The van der Waals surface area contributed by atoms with E-state index in [0.29, 0.717) is 41.9 Å². The predicted molar refractivity (Wildman–Crippen MR) is 152 cm³/mol. The molecular weight excluding hydrogens is 496 g/mol. The summed E-state index contributed by atoms with van der Waals surface area (Å²) in [6.45, 7) is 7.14. The number of hydrogen-bond acceptors (Lipinski definition) is 6. The largest absolute Gasteiger partial charge is 0.336 e. The van der Waals surface area contributed by atoms with Crippen molar-refractivity contribution < 1.29 is 4.79 Å². The molecule has 8 nitrogen and oxygen atoms in total. The average molecular weight is 529 g/mol. The smallest absolute Gasteiger partial charge is 0.319 e. The van der Waals surface area contributed by atoms with E-state index in [2.05, 4.69) is 70.6 Å². The van der Waals surface area contributed by atoms with E-state index in [9.17, 15) is 9.59 Å². The van der Waals surface area contributed by atoms with Crippen LogP contribution in [0, 0.1) is 6.92 Å². The molecule has 38 heavy (non-hydrogen) atoms. The number of aromatic nitrogens is 4. The fourth-order valence-corrected chi connectivity index (χ4v) is 4.75. The van der Waals surface area contributed by atoms with Crippen molar-refractivity contribution in [1.29, 1.82) is 0 Å². The maximum absolute atomic E-state index is 12.8. The van der Waals surface area contributed by atoms with Crippen LogP contribution in [0.2, 0.25) is 0 Å². The molecule has 9 heteroatoms. The highest BCUT2D eigenvalue weighted by molar-refractivity contribution is 7.98. The number of hydrogen-bond donors (Lipinski definition) is 2. The van der Waals surface area contributed by atoms with Crippen LogP contribution in [0.1, 0.15) is 47.6 Å². The maximum atomic E-state index is 12.8. The van der Waals surface area contributed by atoms with Crippen molar-refractivity contribution in [3.8, 4) is 0 Å². The van der Waals surface area contributed by atoms with E-state index in [1.807, 2.05) is 35.0 Å². The van der Waals surface area contributed by atoms with Crippen molar-refractivity contribution in [2.75, 3.05) is 11.9 Å². The number of amides is 2. The molecule has 0 saturated carbocycles. The molecule has 0 saturated heterocycles. The quantitative estimate of drug-likeness (QED) is 0.218. The molecule has 4 rings (SSSR count). The Morgan fingerprint density at radius 1 is 1.00 bits per heavy atom. The summed E-state index contributed by atoms with van der Waals surface area (Å²) in [5.74, 6) is 1.11. The van der Waals surface area contributed by atoms with Crippen LogP contribution in [0.3, 0.4) is 0 Å². The van der Waals surface area contributed by atoms with Gasteiger partial charge in [-0.3, -0.25) is 4.79 Å². The average Bonchev–Trinajstić information content (AvgIpc) is 2.91. The van der Waals surface area contributed by atoms with Crippen molar-refractivity contribution in [2.24, 2.45) is 0 Å². The van der Waals surface area contributed by atoms with E-state index in [-0.39, 0.29) is 11.6 Å². The Hall–Kier alpha value is -3.98. The summed E-state index contributed by atoms with van der Waals surface area (Å²) in [6.07, 6.45) is 7.05. The lowest BCUT2D eigenvalue weighted by Crippen LogP contribution is -2.32. The standard InChI is InChI=1S/C29H32N6O2S/c1-20(2)24-8-10-26(11-9-24)33-28(37)32-12-13-35-17-25(14-23-15-30-19-31-16-23)27(36)34-29(35)38-18-22-6-4-21(3)5-7-22/h4-11,15-17,19-20H,12-14,18H2,1-3H3,(H2,32,33,37). The van der Waals surface area contributed by atoms with Crippen molar-refractivity contribution in [2.45, 2.75) is 50.6 Å². The van der Waals surface area contributed by atoms with Crippen LogP contribution in [0.25, 0.3) is 0 Å². The van der Waals surface area contributed by atoms with Gasteiger partial charge in [0.15, 0.2) is 5.16 Å². The first-order valence-electron chi connectivity index (χ1n) is 12.5. The number of benzene rings is 2. The molecule has 0 bridgehead atoms. The van der Waals surface area contributed by atoms with E-state index >= 15 is 0 Å². The van der Waals surface area contributed by atoms with Gasteiger partial charge in [-0.05, 0) is 41.7 Å². The number of nitrogens with one attached hydrogen (secondary N) is 2. The van der Waals surface area contributed by atoms with E-state index in [1.54, 1.807) is 12.4 Å². The molecule has 2 amide bonds. The van der Waals surface area contributed by atoms with E-state index in [0.717, 1.165) is 16.8 Å². The summed E-state index contributed by atoms with van der Waals surface area (Å²) < 4.78 is 1.93. The molecule has 196 valence electrons. The Morgan fingerprint density at radius 3 is 2.39 bits per heavy atom. The number of thioether (sulfide) groups is 1. The van der Waals surface area contributed by atoms with Crippen molar-refractivity contribution in [3.63, 3.8) is 0 Å². The van der Waals surface area contributed by atoms with E-state index < -0.39 is 0 Å². The highest BCUT2D eigenvalue weighted by Gasteiger charge is 2.12. The number of carbonyl (C=O) groups excluding carboxylic acids is 1. The number of aryl methyl sites for hydroxylation is 1. The first kappa shape index (κ1) is 27.1. The molecule has 0 aliphatic heterocycles. The summed E-state index contributed by atoms with van der Waals surface area (Å²) >= 11 is 1.50. The molecule has 0 unspecified atom stereocenters. The van der Waals surface area contributed by atoms with Crippen molar-refractivity contribution in [1.82, 2.24) is 24.8 Å². The number of carbonyl (C=O) groups is 1. The van der Waals surface area contributed by atoms with Crippen LogP contribution < -0.4 is 16.2 Å². The molecule has 0 spiro atoms. The minimum Gasteiger partial charge on any atom is -0.336 e. The molecule has 0 aliphatic rings. The zero-order valence-corrected chi connectivity index (χ0v) is 22.7. The fraction of sp³-hybridized carbons (Fsp3) is 0.276. The van der Waals surface area contributed by atoms with Gasteiger partial charge in [-0.2, -0.15) is 4.98 Å². The molecular formula is C29H32N6O2S. The molecule has 0 radical (unpaired) electrons. The lowest BCUT2D eigenvalue weighted by molar-refractivity contribution is 0.251. The molecule has 0 atom stereocenters. The van der Waals surface area contributed by atoms with Gasteiger partial charge in [0.25, 0.3) is 5.56 Å². The Labute approximate surface area is 227 Å². The number of urea groups is 1. The first-order chi connectivity index (χ1) is 18.4. The van der Waals surface area contributed by atoms with Crippen LogP contribution in [-0.2, 0) is 18.7 Å². The molecule has 2 aromatic carbocycles. The topological polar surface area (TPSA) is 102 Å². The lowest BCUT2D eigenvalue weighted by atomic mass is 10.0. The summed E-state index contributed by atoms with van der Waals surface area (Å²) in [5.41, 5.74) is 5.41. The second kappa shape index (κ2) is 13.0. The van der Waals surface area contributed by atoms with Crippen LogP contribution in [-0.4, -0.2) is 32.1 Å². The van der Waals surface area contributed by atoms with Gasteiger partial charge >= 0.3 is 6.03 Å². The van der Waals surface area contributed by atoms with Gasteiger partial charge in [-0.25, -0.2) is 14.8 Å². The van der Waals surface area contributed by atoms with Crippen molar-refractivity contribution >= 4 is 23.5 Å². The Bertz CT molecular complexity index is 1400. The van der Waals surface area contributed by atoms with Crippen LogP contribution in [0.15, 0.2) is 83.4 Å². The van der Waals surface area contributed by atoms with Gasteiger partial charge in [0.1, 0.15) is 6.33 Å². The third-order valence-corrected chi connectivity index (χ3v) is 7.06. The SMILES string of the molecule is Cc1ccc(CSc2nc(=O)c(Cc3cncnc3)cn2CCNC(=O)Nc2ccc(C(C)C)cc2)cc1. The van der Waals surface area contributed by atoms with E-state index in [1.165, 1.54) is 29.2 Å². The second-order valence-corrected chi connectivity index (χ2v) is 10.3. The highest BCUT2D eigenvalue weighted by atomic mass is 32.2. The molecule has 2 N–H and O–H groups in total. The summed E-state index contributed by atoms with van der Waals surface area (Å²) in [4.78, 5) is 37.8. The number of nitrogens with zero attached hydrogens (tertiary/aromatic N) is 4. The van der Waals surface area contributed by atoms with Gasteiger partial charge in [-0.1, -0.05) is 67.6 Å². The normalized spacial score (nSPS) is 10.9. The third-order valence-electron chi connectivity index (χ3n) is 6.00. The van der Waals surface area contributed by atoms with E-state index in [4.69, 9.17) is 0 Å². The Morgan fingerprint density at radius 2 is 1.71 bits per heavy atom. The van der Waals surface area contributed by atoms with Gasteiger partial charge in [-0.15, -0.1) is 0 Å². The Balaban J connectivity index is 1.44. The number of rotatable bonds is 10. The van der Waals surface area contributed by atoms with Gasteiger partial charge in [0, 0.05) is 55.1 Å². The fourth-order valence-electron chi connectivity index (χ4n) is 3.81. The zero-order chi connectivity index (χ0) is 26.9. The summed E-state index contributed by atoms with van der Waals surface area (Å²) in [6, 6.07) is 15.8. The third kappa shape index (κ3) is 7.76. The highest BCUT2D eigenvalue weighted by Crippen LogP contribution is 2.21. The molecule has 2 heterocycles. The summed E-state index contributed by atoms with van der Waals surface area (Å²) in [5, 5.41) is 6.38. The minimum absolute atomic E-state index is 0.271. The Kier molecular flexibility index (Phi) is 9.26. The molecule has 4 aromatic rings. The van der Waals surface area contributed by atoms with Crippen LogP contribution in [0.4, 0.5) is 10.5 Å². The van der Waals surface area contributed by atoms with Gasteiger partial charge < -0.3 is 15.2 Å². The minimum atomic E-state index is -0.285. The predicted octanol–water partition coefficient (Wildman–Crippen LogP) is 5.17. The van der Waals surface area contributed by atoms with Gasteiger partial charge in [0.2, 0.25) is 0 Å². The van der Waals surface area contributed by atoms with Gasteiger partial charge in [0.05, 0.1) is 0 Å². The zero-order valence-electron chi connectivity index (χ0n) is 21.8. The molecule has 2 aromatic heterocycles. The molecule has 0 aliphatic carbocycles. The van der Waals surface area contributed by atoms with Crippen molar-refractivity contribution in [3.05, 3.63) is 112 Å². The first-order valence-corrected chi connectivity index (χ1v) is 13.5. The molecule has 0 fully saturated rings. The number of anilines is 1.